The maximum atomic E-state index is 12.4. The molecule has 28 heavy (non-hydrogen) atoms. The minimum atomic E-state index is -0.736. The lowest BCUT2D eigenvalue weighted by Gasteiger charge is -2.10. The van der Waals surface area contributed by atoms with Gasteiger partial charge in [0, 0.05) is 0 Å². The number of benzene rings is 3. The Balaban J connectivity index is 1.82. The third kappa shape index (κ3) is 4.59. The molecular weight excluding hydrogens is 446 g/mol. The Hall–Kier alpha value is -2.24. The van der Waals surface area contributed by atoms with Gasteiger partial charge in [0.25, 0.3) is 0 Å². The van der Waals surface area contributed by atoms with Gasteiger partial charge in [-0.2, -0.15) is 0 Å². The predicted octanol–water partition coefficient (Wildman–Crippen LogP) is 6.74. The monoisotopic (exact) mass is 454 g/mol. The summed E-state index contributed by atoms with van der Waals surface area (Å²) < 4.78 is 10.5. The Morgan fingerprint density at radius 3 is 1.25 bits per heavy atom. The summed E-state index contributed by atoms with van der Waals surface area (Å²) in [5.41, 5.74) is 0.214. The number of esters is 2. The standard InChI is InChI=1S/C20H10Cl4O4/c21-13-6-2-7-14(22)17(13)27-19(25)11-4-1-5-12(10-11)20(26)28-18-15(23)8-3-9-16(18)24/h1-10H. The number of hydrogen-bond acceptors (Lipinski definition) is 4. The van der Waals surface area contributed by atoms with Crippen LogP contribution in [0.1, 0.15) is 20.7 Å². The molecule has 0 aliphatic heterocycles. The van der Waals surface area contributed by atoms with Crippen molar-refractivity contribution in [1.82, 2.24) is 0 Å². The molecule has 0 unspecified atom stereocenters. The predicted molar refractivity (Wildman–Crippen MR) is 109 cm³/mol. The zero-order valence-electron chi connectivity index (χ0n) is 13.9. The van der Waals surface area contributed by atoms with E-state index < -0.39 is 11.9 Å². The summed E-state index contributed by atoms with van der Waals surface area (Å²) >= 11 is 24.0. The van der Waals surface area contributed by atoms with Gasteiger partial charge in [-0.05, 0) is 42.5 Å². The van der Waals surface area contributed by atoms with Crippen molar-refractivity contribution in [3.05, 3.63) is 91.9 Å². The Labute approximate surface area is 180 Å². The molecule has 0 saturated carbocycles. The summed E-state index contributed by atoms with van der Waals surface area (Å²) in [6.07, 6.45) is 0. The van der Waals surface area contributed by atoms with Gasteiger partial charge in [-0.25, -0.2) is 9.59 Å². The molecule has 4 nitrogen and oxygen atoms in total. The van der Waals surface area contributed by atoms with Gasteiger partial charge in [0.15, 0.2) is 11.5 Å². The van der Waals surface area contributed by atoms with E-state index in [1.165, 1.54) is 48.5 Å². The Morgan fingerprint density at radius 1 is 0.571 bits per heavy atom. The zero-order chi connectivity index (χ0) is 20.3. The van der Waals surface area contributed by atoms with Crippen LogP contribution in [0.2, 0.25) is 20.1 Å². The van der Waals surface area contributed by atoms with Crippen molar-refractivity contribution in [1.29, 1.82) is 0 Å². The quantitative estimate of drug-likeness (QED) is 0.323. The van der Waals surface area contributed by atoms with Crippen molar-refractivity contribution < 1.29 is 19.1 Å². The van der Waals surface area contributed by atoms with E-state index in [-0.39, 0.29) is 42.7 Å². The van der Waals surface area contributed by atoms with Gasteiger partial charge in [0.05, 0.1) is 31.2 Å². The summed E-state index contributed by atoms with van der Waals surface area (Å²) in [6.45, 7) is 0. The van der Waals surface area contributed by atoms with Crippen LogP contribution in [0, 0.1) is 0 Å². The molecule has 0 heterocycles. The third-order valence-corrected chi connectivity index (χ3v) is 4.75. The van der Waals surface area contributed by atoms with Crippen LogP contribution in [0.4, 0.5) is 0 Å². The fourth-order valence-corrected chi connectivity index (χ4v) is 3.19. The molecule has 0 atom stereocenters. The van der Waals surface area contributed by atoms with E-state index in [1.807, 2.05) is 0 Å². The van der Waals surface area contributed by atoms with Gasteiger partial charge in [-0.3, -0.25) is 0 Å². The molecule has 142 valence electrons. The summed E-state index contributed by atoms with van der Waals surface area (Å²) in [5.74, 6) is -1.40. The van der Waals surface area contributed by atoms with Gasteiger partial charge in [0.1, 0.15) is 0 Å². The molecule has 3 rings (SSSR count). The Kier molecular flexibility index (Phi) is 6.47. The van der Waals surface area contributed by atoms with Crippen molar-refractivity contribution in [2.24, 2.45) is 0 Å². The minimum absolute atomic E-state index is 0.0339. The van der Waals surface area contributed by atoms with Crippen LogP contribution in [-0.4, -0.2) is 11.9 Å². The second-order valence-corrected chi connectivity index (χ2v) is 7.09. The Morgan fingerprint density at radius 2 is 0.893 bits per heavy atom. The van der Waals surface area contributed by atoms with Gasteiger partial charge in [-0.1, -0.05) is 64.6 Å². The van der Waals surface area contributed by atoms with Crippen LogP contribution in [0.15, 0.2) is 60.7 Å². The molecular formula is C20H10Cl4O4. The number of ether oxygens (including phenoxy) is 2. The second kappa shape index (κ2) is 8.84. The van der Waals surface area contributed by atoms with E-state index in [1.54, 1.807) is 12.1 Å². The third-order valence-electron chi connectivity index (χ3n) is 3.56. The molecule has 0 fully saturated rings. The van der Waals surface area contributed by atoms with Crippen LogP contribution in [-0.2, 0) is 0 Å². The molecule has 0 saturated heterocycles. The van der Waals surface area contributed by atoms with Crippen LogP contribution < -0.4 is 9.47 Å². The average molecular weight is 456 g/mol. The first-order valence-electron chi connectivity index (χ1n) is 7.79. The van der Waals surface area contributed by atoms with Gasteiger partial charge < -0.3 is 9.47 Å². The van der Waals surface area contributed by atoms with E-state index in [4.69, 9.17) is 55.9 Å². The van der Waals surface area contributed by atoms with Crippen molar-refractivity contribution in [2.75, 3.05) is 0 Å². The number of halogens is 4. The second-order valence-electron chi connectivity index (χ2n) is 5.46. The average Bonchev–Trinajstić information content (AvgIpc) is 2.67. The molecule has 0 spiro atoms. The molecule has 0 aliphatic rings. The molecule has 0 bridgehead atoms. The highest BCUT2D eigenvalue weighted by Crippen LogP contribution is 2.34. The van der Waals surface area contributed by atoms with Crippen molar-refractivity contribution >= 4 is 58.3 Å². The van der Waals surface area contributed by atoms with E-state index >= 15 is 0 Å². The summed E-state index contributed by atoms with van der Waals surface area (Å²) in [5, 5.41) is 0.740. The molecule has 0 amide bonds. The zero-order valence-corrected chi connectivity index (χ0v) is 16.9. The molecule has 0 N–H and O–H groups in total. The summed E-state index contributed by atoms with van der Waals surface area (Å²) in [6, 6.07) is 15.2. The number of hydrogen-bond donors (Lipinski definition) is 0. The number of para-hydroxylation sites is 2. The van der Waals surface area contributed by atoms with Gasteiger partial charge in [-0.15, -0.1) is 0 Å². The van der Waals surface area contributed by atoms with Crippen molar-refractivity contribution in [3.63, 3.8) is 0 Å². The van der Waals surface area contributed by atoms with E-state index in [0.29, 0.717) is 0 Å². The molecule has 0 radical (unpaired) electrons. The number of carbonyl (C=O) groups excluding carboxylic acids is 2. The first-order valence-corrected chi connectivity index (χ1v) is 9.30. The van der Waals surface area contributed by atoms with Crippen molar-refractivity contribution in [3.8, 4) is 11.5 Å². The summed E-state index contributed by atoms with van der Waals surface area (Å²) in [4.78, 5) is 24.9. The number of rotatable bonds is 4. The Bertz CT molecular complexity index is 945. The summed E-state index contributed by atoms with van der Waals surface area (Å²) in [7, 11) is 0. The lowest BCUT2D eigenvalue weighted by molar-refractivity contribution is 0.0735. The van der Waals surface area contributed by atoms with Crippen LogP contribution in [0.3, 0.4) is 0 Å². The van der Waals surface area contributed by atoms with Crippen LogP contribution >= 0.6 is 46.4 Å². The normalized spacial score (nSPS) is 10.4. The van der Waals surface area contributed by atoms with Crippen molar-refractivity contribution in [2.45, 2.75) is 0 Å². The van der Waals surface area contributed by atoms with Gasteiger partial charge in [0.2, 0.25) is 0 Å². The topological polar surface area (TPSA) is 52.6 Å². The highest BCUT2D eigenvalue weighted by Gasteiger charge is 2.18. The molecule has 3 aromatic rings. The molecule has 8 heteroatoms. The fraction of sp³-hybridized carbons (Fsp3) is 0. The maximum absolute atomic E-state index is 12.4. The largest absolute Gasteiger partial charge is 0.420 e. The molecule has 3 aromatic carbocycles. The molecule has 0 aliphatic carbocycles. The highest BCUT2D eigenvalue weighted by molar-refractivity contribution is 6.38. The number of carbonyl (C=O) groups is 2. The van der Waals surface area contributed by atoms with E-state index in [0.717, 1.165) is 0 Å². The van der Waals surface area contributed by atoms with Crippen LogP contribution in [0.25, 0.3) is 0 Å². The maximum Gasteiger partial charge on any atom is 0.343 e. The first-order chi connectivity index (χ1) is 13.4. The lowest BCUT2D eigenvalue weighted by Crippen LogP contribution is -2.13. The fourth-order valence-electron chi connectivity index (χ4n) is 2.24. The SMILES string of the molecule is O=C(Oc1c(Cl)cccc1Cl)c1cccc(C(=O)Oc2c(Cl)cccc2Cl)c1. The smallest absolute Gasteiger partial charge is 0.343 e. The first kappa shape index (κ1) is 20.5. The highest BCUT2D eigenvalue weighted by atomic mass is 35.5. The van der Waals surface area contributed by atoms with Crippen LogP contribution in [0.5, 0.6) is 11.5 Å². The minimum Gasteiger partial charge on any atom is -0.420 e. The molecule has 0 aromatic heterocycles. The van der Waals surface area contributed by atoms with Gasteiger partial charge >= 0.3 is 11.9 Å². The van der Waals surface area contributed by atoms with E-state index in [9.17, 15) is 9.59 Å². The lowest BCUT2D eigenvalue weighted by atomic mass is 10.1. The van der Waals surface area contributed by atoms with E-state index in [2.05, 4.69) is 0 Å².